The molecule has 0 saturated carbocycles. The van der Waals surface area contributed by atoms with Crippen molar-refractivity contribution in [2.75, 3.05) is 11.9 Å². The molecule has 4 rings (SSSR count). The number of thiophene rings is 1. The van der Waals surface area contributed by atoms with Crippen molar-refractivity contribution in [3.05, 3.63) is 81.7 Å². The molecule has 7 nitrogen and oxygen atoms in total. The summed E-state index contributed by atoms with van der Waals surface area (Å²) in [4.78, 5) is 43.9. The van der Waals surface area contributed by atoms with Gasteiger partial charge < -0.3 is 10.1 Å². The standard InChI is InChI=1S/C27H27N3O4S/c1-4-17-10-12-18(13-11-17)21-15-35-25-23(21)26(32)30(16-28-25)22(5-2)24(31)29-20-9-7-8-19(14-20)27(33)34-6-3/h7-16,22H,4-6H2,1-3H3,(H,29,31). The fourth-order valence-electron chi connectivity index (χ4n) is 3.97. The van der Waals surface area contributed by atoms with Crippen LogP contribution in [0.5, 0.6) is 0 Å². The summed E-state index contributed by atoms with van der Waals surface area (Å²) in [5, 5.41) is 5.27. The second kappa shape index (κ2) is 10.7. The molecular formula is C27H27N3O4S. The van der Waals surface area contributed by atoms with Gasteiger partial charge in [0.15, 0.2) is 0 Å². The molecule has 8 heteroatoms. The number of ether oxygens (including phenoxy) is 1. The molecule has 1 N–H and O–H groups in total. The molecule has 1 amide bonds. The summed E-state index contributed by atoms with van der Waals surface area (Å²) in [5.41, 5.74) is 3.52. The first kappa shape index (κ1) is 24.3. The van der Waals surface area contributed by atoms with Gasteiger partial charge in [-0.25, -0.2) is 9.78 Å². The molecule has 0 fully saturated rings. The predicted molar refractivity (Wildman–Crippen MR) is 139 cm³/mol. The molecule has 2 aromatic carbocycles. The Morgan fingerprint density at radius 1 is 1.11 bits per heavy atom. The van der Waals surface area contributed by atoms with Gasteiger partial charge in [0.2, 0.25) is 5.91 Å². The van der Waals surface area contributed by atoms with E-state index in [0.717, 1.165) is 17.5 Å². The number of benzene rings is 2. The van der Waals surface area contributed by atoms with Crippen LogP contribution in [0, 0.1) is 0 Å². The van der Waals surface area contributed by atoms with Gasteiger partial charge in [-0.3, -0.25) is 14.2 Å². The number of amides is 1. The van der Waals surface area contributed by atoms with E-state index < -0.39 is 12.0 Å². The number of esters is 1. The van der Waals surface area contributed by atoms with Crippen molar-refractivity contribution in [3.63, 3.8) is 0 Å². The van der Waals surface area contributed by atoms with Crippen molar-refractivity contribution in [1.82, 2.24) is 9.55 Å². The number of nitrogens with zero attached hydrogens (tertiary/aromatic N) is 2. The van der Waals surface area contributed by atoms with Crippen LogP contribution in [-0.2, 0) is 16.0 Å². The number of hydrogen-bond donors (Lipinski definition) is 1. The Labute approximate surface area is 207 Å². The Kier molecular flexibility index (Phi) is 7.41. The molecule has 0 bridgehead atoms. The van der Waals surface area contributed by atoms with E-state index in [-0.39, 0.29) is 18.1 Å². The van der Waals surface area contributed by atoms with Gasteiger partial charge in [-0.15, -0.1) is 11.3 Å². The van der Waals surface area contributed by atoms with Crippen molar-refractivity contribution in [2.24, 2.45) is 0 Å². The van der Waals surface area contributed by atoms with Crippen LogP contribution in [0.25, 0.3) is 21.3 Å². The van der Waals surface area contributed by atoms with Gasteiger partial charge in [0, 0.05) is 16.6 Å². The summed E-state index contributed by atoms with van der Waals surface area (Å²) in [7, 11) is 0. The summed E-state index contributed by atoms with van der Waals surface area (Å²) in [6, 6.07) is 13.9. The third-order valence-corrected chi connectivity index (χ3v) is 6.75. The Morgan fingerprint density at radius 3 is 2.57 bits per heavy atom. The highest BCUT2D eigenvalue weighted by Crippen LogP contribution is 2.31. The smallest absolute Gasteiger partial charge is 0.338 e. The second-order valence-corrected chi connectivity index (χ2v) is 8.91. The van der Waals surface area contributed by atoms with Crippen molar-refractivity contribution < 1.29 is 14.3 Å². The predicted octanol–water partition coefficient (Wildman–Crippen LogP) is 5.45. The molecule has 35 heavy (non-hydrogen) atoms. The maximum atomic E-state index is 13.6. The number of carbonyl (C=O) groups excluding carboxylic acids is 2. The van der Waals surface area contributed by atoms with Crippen LogP contribution in [0.1, 0.15) is 49.2 Å². The summed E-state index contributed by atoms with van der Waals surface area (Å²) >= 11 is 1.41. The average Bonchev–Trinajstić information content (AvgIpc) is 3.31. The molecule has 1 atom stereocenters. The molecule has 4 aromatic rings. The minimum absolute atomic E-state index is 0.256. The number of anilines is 1. The van der Waals surface area contributed by atoms with Crippen LogP contribution in [0.15, 0.2) is 65.0 Å². The van der Waals surface area contributed by atoms with E-state index in [1.54, 1.807) is 31.2 Å². The van der Waals surface area contributed by atoms with E-state index in [9.17, 15) is 14.4 Å². The van der Waals surface area contributed by atoms with Gasteiger partial charge in [-0.1, -0.05) is 44.2 Å². The van der Waals surface area contributed by atoms with Gasteiger partial charge >= 0.3 is 5.97 Å². The summed E-state index contributed by atoms with van der Waals surface area (Å²) in [6.07, 6.45) is 2.77. The largest absolute Gasteiger partial charge is 0.462 e. The third-order valence-electron chi connectivity index (χ3n) is 5.86. The minimum Gasteiger partial charge on any atom is -0.462 e. The van der Waals surface area contributed by atoms with E-state index in [1.807, 2.05) is 24.4 Å². The maximum Gasteiger partial charge on any atom is 0.338 e. The van der Waals surface area contributed by atoms with Gasteiger partial charge in [-0.2, -0.15) is 0 Å². The highest BCUT2D eigenvalue weighted by molar-refractivity contribution is 7.17. The lowest BCUT2D eigenvalue weighted by atomic mass is 10.0. The summed E-state index contributed by atoms with van der Waals surface area (Å²) < 4.78 is 6.42. The molecule has 0 radical (unpaired) electrons. The quantitative estimate of drug-likeness (QED) is 0.332. The molecule has 0 aliphatic heterocycles. The van der Waals surface area contributed by atoms with E-state index >= 15 is 0 Å². The lowest BCUT2D eigenvalue weighted by Gasteiger charge is -2.18. The SMILES string of the molecule is CCOC(=O)c1cccc(NC(=O)C(CC)n2cnc3scc(-c4ccc(CC)cc4)c3c2=O)c1. The van der Waals surface area contributed by atoms with E-state index in [2.05, 4.69) is 29.4 Å². The molecule has 0 spiro atoms. The van der Waals surface area contributed by atoms with Crippen LogP contribution in [-0.4, -0.2) is 28.0 Å². The molecule has 0 aliphatic carbocycles. The fourth-order valence-corrected chi connectivity index (χ4v) is 4.88. The first-order chi connectivity index (χ1) is 17.0. The number of aromatic nitrogens is 2. The van der Waals surface area contributed by atoms with Gasteiger partial charge in [0.05, 0.1) is 23.9 Å². The Bertz CT molecular complexity index is 1420. The van der Waals surface area contributed by atoms with Crippen LogP contribution < -0.4 is 10.9 Å². The number of fused-ring (bicyclic) bond motifs is 1. The van der Waals surface area contributed by atoms with Crippen LogP contribution in [0.3, 0.4) is 0 Å². The van der Waals surface area contributed by atoms with E-state index in [0.29, 0.717) is 27.9 Å². The van der Waals surface area contributed by atoms with Crippen molar-refractivity contribution >= 4 is 39.1 Å². The monoisotopic (exact) mass is 489 g/mol. The molecule has 0 saturated heterocycles. The van der Waals surface area contributed by atoms with Crippen molar-refractivity contribution in [1.29, 1.82) is 0 Å². The Hall–Kier alpha value is -3.78. The number of rotatable bonds is 8. The van der Waals surface area contributed by atoms with Crippen LogP contribution in [0.4, 0.5) is 5.69 Å². The molecule has 180 valence electrons. The Balaban J connectivity index is 1.66. The zero-order valence-corrected chi connectivity index (χ0v) is 20.7. The van der Waals surface area contributed by atoms with E-state index in [1.165, 1.54) is 27.8 Å². The molecule has 0 aliphatic rings. The number of nitrogens with one attached hydrogen (secondary N) is 1. The van der Waals surface area contributed by atoms with Crippen molar-refractivity contribution in [2.45, 2.75) is 39.7 Å². The summed E-state index contributed by atoms with van der Waals surface area (Å²) in [5.74, 6) is -0.820. The first-order valence-electron chi connectivity index (χ1n) is 11.6. The minimum atomic E-state index is -0.763. The van der Waals surface area contributed by atoms with Gasteiger partial charge in [-0.05, 0) is 49.1 Å². The van der Waals surface area contributed by atoms with Crippen molar-refractivity contribution in [3.8, 4) is 11.1 Å². The lowest BCUT2D eigenvalue weighted by Crippen LogP contribution is -2.33. The highest BCUT2D eigenvalue weighted by Gasteiger charge is 2.23. The van der Waals surface area contributed by atoms with E-state index in [4.69, 9.17) is 4.74 Å². The zero-order chi connectivity index (χ0) is 24.9. The van der Waals surface area contributed by atoms with Crippen LogP contribution in [0.2, 0.25) is 0 Å². The molecular weight excluding hydrogens is 462 g/mol. The van der Waals surface area contributed by atoms with Gasteiger partial charge in [0.1, 0.15) is 10.9 Å². The molecule has 2 heterocycles. The maximum absolute atomic E-state index is 13.6. The third kappa shape index (κ3) is 5.02. The number of carbonyl (C=O) groups is 2. The topological polar surface area (TPSA) is 90.3 Å². The normalized spacial score (nSPS) is 11.9. The molecule has 2 aromatic heterocycles. The van der Waals surface area contributed by atoms with Gasteiger partial charge in [0.25, 0.3) is 5.56 Å². The molecule has 1 unspecified atom stereocenters. The summed E-state index contributed by atoms with van der Waals surface area (Å²) in [6.45, 7) is 5.94. The zero-order valence-electron chi connectivity index (χ0n) is 19.9. The highest BCUT2D eigenvalue weighted by atomic mass is 32.1. The fraction of sp³-hybridized carbons (Fsp3) is 0.259. The average molecular weight is 490 g/mol. The first-order valence-corrected chi connectivity index (χ1v) is 12.5. The Morgan fingerprint density at radius 2 is 1.89 bits per heavy atom. The van der Waals surface area contributed by atoms with Crippen LogP contribution >= 0.6 is 11.3 Å². The number of aryl methyl sites for hydroxylation is 1. The lowest BCUT2D eigenvalue weighted by molar-refractivity contribution is -0.119. The second-order valence-electron chi connectivity index (χ2n) is 8.05. The number of hydrogen-bond acceptors (Lipinski definition) is 6.